The summed E-state index contributed by atoms with van der Waals surface area (Å²) in [4.78, 5) is 0. The van der Waals surface area contributed by atoms with Crippen LogP contribution in [0.2, 0.25) is 0 Å². The van der Waals surface area contributed by atoms with Crippen molar-refractivity contribution < 1.29 is 9.47 Å². The molecule has 0 aliphatic rings. The molecule has 2 aromatic carbocycles. The van der Waals surface area contributed by atoms with Crippen LogP contribution in [0.1, 0.15) is 62.5 Å². The van der Waals surface area contributed by atoms with E-state index in [9.17, 15) is 0 Å². The number of ether oxygens (including phenoxy) is 2. The molecule has 2 aromatic rings. The summed E-state index contributed by atoms with van der Waals surface area (Å²) in [6.07, 6.45) is 9.72. The fraction of sp³-hybridized carbons (Fsp3) is 0.583. The van der Waals surface area contributed by atoms with Crippen LogP contribution in [0.15, 0.2) is 24.3 Å². The van der Waals surface area contributed by atoms with Gasteiger partial charge in [-0.1, -0.05) is 69.7 Å². The van der Waals surface area contributed by atoms with Gasteiger partial charge in [0.2, 0.25) is 0 Å². The highest BCUT2D eigenvalue weighted by atomic mass is 79.9. The van der Waals surface area contributed by atoms with Crippen molar-refractivity contribution in [2.24, 2.45) is 0 Å². The van der Waals surface area contributed by atoms with Crippen LogP contribution in [0.5, 0.6) is 11.5 Å². The van der Waals surface area contributed by atoms with Crippen molar-refractivity contribution >= 4 is 42.6 Å². The predicted octanol–water partition coefficient (Wildman–Crippen LogP) is 8.12. The Kier molecular flexibility index (Phi) is 11.3. The van der Waals surface area contributed by atoms with E-state index in [1.165, 1.54) is 60.4 Å². The largest absolute Gasteiger partial charge is 0.493 e. The molecule has 0 fully saturated rings. The number of alkyl halides is 2. The quantitative estimate of drug-likeness (QED) is 0.187. The highest BCUT2D eigenvalue weighted by Crippen LogP contribution is 2.33. The van der Waals surface area contributed by atoms with Crippen molar-refractivity contribution in [1.29, 1.82) is 0 Å². The van der Waals surface area contributed by atoms with Gasteiger partial charge in [0.15, 0.2) is 0 Å². The second-order valence-electron chi connectivity index (χ2n) is 7.38. The fourth-order valence-electron chi connectivity index (χ4n) is 3.44. The number of halogens is 2. The van der Waals surface area contributed by atoms with Gasteiger partial charge >= 0.3 is 0 Å². The predicted molar refractivity (Wildman–Crippen MR) is 129 cm³/mol. The average molecular weight is 514 g/mol. The third kappa shape index (κ3) is 7.26. The maximum Gasteiger partial charge on any atom is 0.122 e. The van der Waals surface area contributed by atoms with E-state index in [1.54, 1.807) is 0 Å². The molecule has 0 spiro atoms. The Bertz CT molecular complexity index is 654. The molecule has 28 heavy (non-hydrogen) atoms. The lowest BCUT2D eigenvalue weighted by molar-refractivity contribution is 0.302. The minimum absolute atomic E-state index is 0.796. The zero-order valence-corrected chi connectivity index (χ0v) is 20.5. The number of benzene rings is 2. The topological polar surface area (TPSA) is 18.5 Å². The maximum atomic E-state index is 6.06. The van der Waals surface area contributed by atoms with Crippen LogP contribution >= 0.6 is 31.9 Å². The summed E-state index contributed by atoms with van der Waals surface area (Å²) >= 11 is 6.97. The molecule has 0 aliphatic carbocycles. The number of aryl methyl sites for hydroxylation is 2. The third-order valence-electron chi connectivity index (χ3n) is 5.21. The van der Waals surface area contributed by atoms with Gasteiger partial charge in [0.1, 0.15) is 11.5 Å². The fourth-order valence-corrected chi connectivity index (χ4v) is 4.24. The van der Waals surface area contributed by atoms with Crippen LogP contribution in [-0.2, 0) is 0 Å². The summed E-state index contributed by atoms with van der Waals surface area (Å²) < 4.78 is 12.1. The molecule has 0 saturated carbocycles. The first-order chi connectivity index (χ1) is 13.7. The molecule has 2 rings (SSSR count). The van der Waals surface area contributed by atoms with E-state index < -0.39 is 0 Å². The molecule has 0 unspecified atom stereocenters. The summed E-state index contributed by atoms with van der Waals surface area (Å²) in [5.74, 6) is 2.01. The maximum absolute atomic E-state index is 6.06. The summed E-state index contributed by atoms with van der Waals surface area (Å²) in [6.45, 7) is 5.91. The summed E-state index contributed by atoms with van der Waals surface area (Å²) in [5.41, 5.74) is 2.45. The minimum atomic E-state index is 0.796. The van der Waals surface area contributed by atoms with Crippen molar-refractivity contribution in [3.8, 4) is 11.5 Å². The highest BCUT2D eigenvalue weighted by Gasteiger charge is 2.10. The van der Waals surface area contributed by atoms with Crippen LogP contribution in [0.4, 0.5) is 0 Å². The minimum Gasteiger partial charge on any atom is -0.493 e. The van der Waals surface area contributed by atoms with E-state index >= 15 is 0 Å². The van der Waals surface area contributed by atoms with Crippen molar-refractivity contribution in [3.63, 3.8) is 0 Å². The zero-order valence-electron chi connectivity index (χ0n) is 17.4. The van der Waals surface area contributed by atoms with E-state index in [0.29, 0.717) is 0 Å². The van der Waals surface area contributed by atoms with Gasteiger partial charge in [0.05, 0.1) is 13.2 Å². The summed E-state index contributed by atoms with van der Waals surface area (Å²) in [5, 5.41) is 4.72. The molecule has 0 aromatic heterocycles. The van der Waals surface area contributed by atoms with Crippen LogP contribution in [0.3, 0.4) is 0 Å². The molecule has 0 atom stereocenters. The van der Waals surface area contributed by atoms with Gasteiger partial charge in [0.25, 0.3) is 0 Å². The first-order valence-corrected chi connectivity index (χ1v) is 12.8. The first-order valence-electron chi connectivity index (χ1n) is 10.6. The Balaban J connectivity index is 1.93. The number of fused-ring (bicyclic) bond motifs is 1. The standard InChI is InChI=1S/C24H34Br2O2/c1-19-21-11-14-24(28-18-10-6-4-8-16-26)20(2)22(21)12-13-23(19)27-17-9-5-3-7-15-25/h11-14H,3-10,15-18H2,1-2H3. The SMILES string of the molecule is Cc1c(OCCCCCCBr)ccc2c(C)c(OCCCCCCBr)ccc12. The first kappa shape index (κ1) is 23.5. The molecule has 0 saturated heterocycles. The van der Waals surface area contributed by atoms with Crippen LogP contribution in [-0.4, -0.2) is 23.9 Å². The smallest absolute Gasteiger partial charge is 0.122 e. The van der Waals surface area contributed by atoms with E-state index in [1.807, 2.05) is 0 Å². The van der Waals surface area contributed by atoms with Crippen molar-refractivity contribution in [3.05, 3.63) is 35.4 Å². The molecule has 0 N–H and O–H groups in total. The van der Waals surface area contributed by atoms with Gasteiger partial charge in [-0.05, 0) is 73.6 Å². The highest BCUT2D eigenvalue weighted by molar-refractivity contribution is 9.09. The van der Waals surface area contributed by atoms with Crippen molar-refractivity contribution in [2.75, 3.05) is 23.9 Å². The molecule has 0 bridgehead atoms. The molecule has 0 aliphatic heterocycles. The van der Waals surface area contributed by atoms with Crippen molar-refractivity contribution in [1.82, 2.24) is 0 Å². The second kappa shape index (κ2) is 13.5. The molecule has 156 valence electrons. The van der Waals surface area contributed by atoms with Gasteiger partial charge < -0.3 is 9.47 Å². The monoisotopic (exact) mass is 512 g/mol. The number of hydrogen-bond donors (Lipinski definition) is 0. The van der Waals surface area contributed by atoms with Gasteiger partial charge in [-0.3, -0.25) is 0 Å². The molecule has 0 heterocycles. The Hall–Kier alpha value is -0.740. The van der Waals surface area contributed by atoms with Crippen molar-refractivity contribution in [2.45, 2.75) is 65.2 Å². The van der Waals surface area contributed by atoms with E-state index in [4.69, 9.17) is 9.47 Å². The summed E-state index contributed by atoms with van der Waals surface area (Å²) in [7, 11) is 0. The van der Waals surface area contributed by atoms with Crippen LogP contribution in [0.25, 0.3) is 10.8 Å². The third-order valence-corrected chi connectivity index (χ3v) is 6.33. The Morgan fingerprint density at radius 1 is 0.571 bits per heavy atom. The van der Waals surface area contributed by atoms with Crippen LogP contribution in [0, 0.1) is 13.8 Å². The average Bonchev–Trinajstić information content (AvgIpc) is 2.70. The van der Waals surface area contributed by atoms with Gasteiger partial charge in [-0.2, -0.15) is 0 Å². The van der Waals surface area contributed by atoms with E-state index in [2.05, 4.69) is 70.0 Å². The molecule has 4 heteroatoms. The molecule has 0 radical (unpaired) electrons. The van der Waals surface area contributed by atoms with E-state index in [0.717, 1.165) is 48.2 Å². The molecular weight excluding hydrogens is 480 g/mol. The van der Waals surface area contributed by atoms with Gasteiger partial charge in [-0.15, -0.1) is 0 Å². The zero-order chi connectivity index (χ0) is 20.2. The molecular formula is C24H34Br2O2. The van der Waals surface area contributed by atoms with Gasteiger partial charge in [-0.25, -0.2) is 0 Å². The second-order valence-corrected chi connectivity index (χ2v) is 8.96. The number of hydrogen-bond acceptors (Lipinski definition) is 2. The Labute approximate surface area is 187 Å². The normalized spacial score (nSPS) is 11.1. The Morgan fingerprint density at radius 2 is 0.964 bits per heavy atom. The molecule has 2 nitrogen and oxygen atoms in total. The molecule has 0 amide bonds. The van der Waals surface area contributed by atoms with Gasteiger partial charge in [0, 0.05) is 10.7 Å². The lowest BCUT2D eigenvalue weighted by Crippen LogP contribution is -2.01. The number of rotatable bonds is 14. The summed E-state index contributed by atoms with van der Waals surface area (Å²) in [6, 6.07) is 8.60. The number of unbranched alkanes of at least 4 members (excludes halogenated alkanes) is 6. The lowest BCUT2D eigenvalue weighted by atomic mass is 10.00. The van der Waals surface area contributed by atoms with Crippen LogP contribution < -0.4 is 9.47 Å². The van der Waals surface area contributed by atoms with E-state index in [-0.39, 0.29) is 0 Å². The lowest BCUT2D eigenvalue weighted by Gasteiger charge is -2.15. The Morgan fingerprint density at radius 3 is 1.36 bits per heavy atom.